The molecule has 0 bridgehead atoms. The van der Waals surface area contributed by atoms with Crippen molar-refractivity contribution >= 4 is 0 Å². The fourth-order valence-corrected chi connectivity index (χ4v) is 1.57. The zero-order valence-corrected chi connectivity index (χ0v) is 6.23. The lowest BCUT2D eigenvalue weighted by Gasteiger charge is -2.06. The molecule has 0 aromatic carbocycles. The first-order chi connectivity index (χ1) is 5.38. The average Bonchev–Trinajstić information content (AvgIpc) is 2.55. The van der Waals surface area contributed by atoms with E-state index in [1.54, 1.807) is 6.20 Å². The number of halogens is 1. The highest BCUT2D eigenvalue weighted by Gasteiger charge is 2.19. The van der Waals surface area contributed by atoms with Crippen molar-refractivity contribution in [1.82, 2.24) is 10.3 Å². The molecule has 1 fully saturated rings. The van der Waals surface area contributed by atoms with Crippen LogP contribution in [0.25, 0.3) is 0 Å². The van der Waals surface area contributed by atoms with E-state index in [1.807, 2.05) is 0 Å². The van der Waals surface area contributed by atoms with Crippen molar-refractivity contribution in [1.29, 1.82) is 0 Å². The van der Waals surface area contributed by atoms with Gasteiger partial charge in [-0.3, -0.25) is 0 Å². The largest absolute Gasteiger partial charge is 0.365 e. The van der Waals surface area contributed by atoms with E-state index in [9.17, 15) is 4.39 Å². The van der Waals surface area contributed by atoms with Gasteiger partial charge in [0.2, 0.25) is 0 Å². The molecule has 1 saturated heterocycles. The third kappa shape index (κ3) is 1.16. The van der Waals surface area contributed by atoms with Crippen LogP contribution in [0.5, 0.6) is 0 Å². The predicted molar refractivity (Wildman–Crippen MR) is 40.7 cm³/mol. The second kappa shape index (κ2) is 2.66. The lowest BCUT2D eigenvalue weighted by Crippen LogP contribution is -2.12. The molecule has 1 atom stereocenters. The van der Waals surface area contributed by atoms with Crippen molar-refractivity contribution in [3.05, 3.63) is 23.8 Å². The maximum absolute atomic E-state index is 12.9. The van der Waals surface area contributed by atoms with Gasteiger partial charge in [0.1, 0.15) is 5.82 Å². The van der Waals surface area contributed by atoms with E-state index in [-0.39, 0.29) is 11.9 Å². The Labute approximate surface area is 64.8 Å². The molecule has 1 aromatic heterocycles. The molecule has 1 aliphatic heterocycles. The van der Waals surface area contributed by atoms with Crippen molar-refractivity contribution in [2.75, 3.05) is 6.54 Å². The van der Waals surface area contributed by atoms with E-state index in [2.05, 4.69) is 10.3 Å². The second-order valence-electron chi connectivity index (χ2n) is 2.91. The first-order valence-corrected chi connectivity index (χ1v) is 3.93. The summed E-state index contributed by atoms with van der Waals surface area (Å²) in [6.45, 7) is 1.01. The highest BCUT2D eigenvalue weighted by Crippen LogP contribution is 2.24. The average molecular weight is 154 g/mol. The van der Waals surface area contributed by atoms with Crippen LogP contribution < -0.4 is 5.32 Å². The van der Waals surface area contributed by atoms with Gasteiger partial charge in [0.25, 0.3) is 0 Å². The molecular formula is C8H11FN2. The normalized spacial score (nSPS) is 24.3. The lowest BCUT2D eigenvalue weighted by atomic mass is 10.1. The summed E-state index contributed by atoms with van der Waals surface area (Å²) >= 11 is 0. The maximum atomic E-state index is 12.9. The summed E-state index contributed by atoms with van der Waals surface area (Å²) in [5.41, 5.74) is 0.780. The summed E-state index contributed by atoms with van der Waals surface area (Å²) in [5.74, 6) is -0.121. The van der Waals surface area contributed by atoms with Gasteiger partial charge in [-0.05, 0) is 19.4 Å². The molecule has 11 heavy (non-hydrogen) atoms. The molecule has 0 radical (unpaired) electrons. The Bertz CT molecular complexity index is 238. The van der Waals surface area contributed by atoms with Crippen LogP contribution in [0.15, 0.2) is 12.4 Å². The standard InChI is InChI=1S/C8H11FN2/c9-7-5-10-4-6(7)8-2-1-3-11-8/h4-5,8,10-11H,1-3H2. The molecule has 1 unspecified atom stereocenters. The van der Waals surface area contributed by atoms with Gasteiger partial charge in [0.15, 0.2) is 0 Å². The molecule has 1 aliphatic rings. The number of aromatic nitrogens is 1. The molecule has 0 aliphatic carbocycles. The first kappa shape index (κ1) is 6.85. The van der Waals surface area contributed by atoms with Crippen LogP contribution in [0.2, 0.25) is 0 Å². The summed E-state index contributed by atoms with van der Waals surface area (Å²) in [6.07, 6.45) is 5.33. The van der Waals surface area contributed by atoms with E-state index in [4.69, 9.17) is 0 Å². The van der Waals surface area contributed by atoms with Crippen LogP contribution in [0.1, 0.15) is 24.4 Å². The molecule has 0 amide bonds. The third-order valence-electron chi connectivity index (χ3n) is 2.16. The molecule has 2 heterocycles. The molecule has 3 heteroatoms. The van der Waals surface area contributed by atoms with Crippen molar-refractivity contribution < 1.29 is 4.39 Å². The molecule has 2 rings (SSSR count). The van der Waals surface area contributed by atoms with Crippen LogP contribution >= 0.6 is 0 Å². The number of H-pyrrole nitrogens is 1. The lowest BCUT2D eigenvalue weighted by molar-refractivity contribution is 0.564. The summed E-state index contributed by atoms with van der Waals surface area (Å²) in [5, 5.41) is 3.24. The van der Waals surface area contributed by atoms with E-state index in [0.717, 1.165) is 24.9 Å². The summed E-state index contributed by atoms with van der Waals surface area (Å²) in [6, 6.07) is 0.237. The number of rotatable bonds is 1. The maximum Gasteiger partial charge on any atom is 0.145 e. The number of nitrogens with one attached hydrogen (secondary N) is 2. The van der Waals surface area contributed by atoms with Crippen LogP contribution in [0.3, 0.4) is 0 Å². The zero-order valence-electron chi connectivity index (χ0n) is 6.23. The quantitative estimate of drug-likeness (QED) is 0.631. The smallest absolute Gasteiger partial charge is 0.145 e. The summed E-state index contributed by atoms with van der Waals surface area (Å²) < 4.78 is 12.9. The Kier molecular flexibility index (Phi) is 1.66. The SMILES string of the molecule is Fc1c[nH]cc1C1CCCN1. The second-order valence-corrected chi connectivity index (χ2v) is 2.91. The molecule has 60 valence electrons. The minimum atomic E-state index is -0.121. The van der Waals surface area contributed by atoms with Crippen LogP contribution in [-0.4, -0.2) is 11.5 Å². The molecular weight excluding hydrogens is 143 g/mol. The first-order valence-electron chi connectivity index (χ1n) is 3.93. The van der Waals surface area contributed by atoms with Gasteiger partial charge in [0.05, 0.1) is 0 Å². The van der Waals surface area contributed by atoms with E-state index in [1.165, 1.54) is 6.20 Å². The molecule has 2 nitrogen and oxygen atoms in total. The Hall–Kier alpha value is -0.830. The molecule has 0 spiro atoms. The predicted octanol–water partition coefficient (Wildman–Crippen LogP) is 1.58. The fraction of sp³-hybridized carbons (Fsp3) is 0.500. The number of hydrogen-bond acceptors (Lipinski definition) is 1. The number of hydrogen-bond donors (Lipinski definition) is 2. The fourth-order valence-electron chi connectivity index (χ4n) is 1.57. The van der Waals surface area contributed by atoms with Gasteiger partial charge in [-0.2, -0.15) is 0 Å². The van der Waals surface area contributed by atoms with Crippen molar-refractivity contribution in [2.24, 2.45) is 0 Å². The minimum Gasteiger partial charge on any atom is -0.365 e. The zero-order chi connectivity index (χ0) is 7.68. The monoisotopic (exact) mass is 154 g/mol. The van der Waals surface area contributed by atoms with Gasteiger partial charge in [-0.1, -0.05) is 0 Å². The van der Waals surface area contributed by atoms with Crippen molar-refractivity contribution in [3.8, 4) is 0 Å². The Morgan fingerprint density at radius 1 is 1.45 bits per heavy atom. The van der Waals surface area contributed by atoms with Crippen molar-refractivity contribution in [3.63, 3.8) is 0 Å². The van der Waals surface area contributed by atoms with Crippen LogP contribution in [0, 0.1) is 5.82 Å². The third-order valence-corrected chi connectivity index (χ3v) is 2.16. The Balaban J connectivity index is 2.21. The van der Waals surface area contributed by atoms with Crippen molar-refractivity contribution in [2.45, 2.75) is 18.9 Å². The minimum absolute atomic E-state index is 0.121. The topological polar surface area (TPSA) is 27.8 Å². The van der Waals surface area contributed by atoms with E-state index >= 15 is 0 Å². The molecule has 2 N–H and O–H groups in total. The Morgan fingerprint density at radius 3 is 2.91 bits per heavy atom. The molecule has 0 saturated carbocycles. The van der Waals surface area contributed by atoms with Gasteiger partial charge in [-0.25, -0.2) is 4.39 Å². The summed E-state index contributed by atoms with van der Waals surface area (Å²) in [7, 11) is 0. The summed E-state index contributed by atoms with van der Waals surface area (Å²) in [4.78, 5) is 2.76. The van der Waals surface area contributed by atoms with E-state index in [0.29, 0.717) is 0 Å². The Morgan fingerprint density at radius 2 is 2.36 bits per heavy atom. The number of aromatic amines is 1. The van der Waals surface area contributed by atoms with Crippen LogP contribution in [0.4, 0.5) is 4.39 Å². The van der Waals surface area contributed by atoms with E-state index < -0.39 is 0 Å². The highest BCUT2D eigenvalue weighted by atomic mass is 19.1. The van der Waals surface area contributed by atoms with Gasteiger partial charge >= 0.3 is 0 Å². The van der Waals surface area contributed by atoms with Crippen LogP contribution in [-0.2, 0) is 0 Å². The van der Waals surface area contributed by atoms with Gasteiger partial charge in [0, 0.05) is 24.0 Å². The molecule has 1 aromatic rings. The van der Waals surface area contributed by atoms with Gasteiger partial charge in [-0.15, -0.1) is 0 Å². The van der Waals surface area contributed by atoms with Gasteiger partial charge < -0.3 is 10.3 Å². The highest BCUT2D eigenvalue weighted by molar-refractivity contribution is 5.17.